The van der Waals surface area contributed by atoms with Crippen molar-refractivity contribution < 1.29 is 22.3 Å². The molecule has 9 heteroatoms. The minimum Gasteiger partial charge on any atom is -0.494 e. The zero-order chi connectivity index (χ0) is 23.9. The van der Waals surface area contributed by atoms with Crippen molar-refractivity contribution in [3.05, 3.63) is 48.3 Å². The van der Waals surface area contributed by atoms with Crippen molar-refractivity contribution in [2.45, 2.75) is 6.42 Å². The van der Waals surface area contributed by atoms with Crippen molar-refractivity contribution in [1.82, 2.24) is 10.3 Å². The van der Waals surface area contributed by atoms with E-state index in [0.717, 1.165) is 42.2 Å². The maximum Gasteiger partial charge on any atom is 0.165 e. The molecular formula is C25H28FN3O4S. The van der Waals surface area contributed by atoms with Crippen molar-refractivity contribution in [2.24, 2.45) is 5.41 Å². The molecule has 5 rings (SSSR count). The number of hydrogen-bond acceptors (Lipinski definition) is 7. The molecule has 2 saturated heterocycles. The summed E-state index contributed by atoms with van der Waals surface area (Å²) in [6.07, 6.45) is 0.808. The van der Waals surface area contributed by atoms with Crippen LogP contribution in [-0.4, -0.2) is 65.3 Å². The molecule has 7 nitrogen and oxygen atoms in total. The molecule has 2 aliphatic heterocycles. The van der Waals surface area contributed by atoms with Gasteiger partial charge in [-0.05, 0) is 49.9 Å². The number of nitrogens with zero attached hydrogens (tertiary/aromatic N) is 2. The lowest BCUT2D eigenvalue weighted by Gasteiger charge is -2.37. The molecule has 0 bridgehead atoms. The smallest absolute Gasteiger partial charge is 0.165 e. The molecule has 1 N–H and O–H groups in total. The van der Waals surface area contributed by atoms with E-state index in [1.165, 1.54) is 13.2 Å². The van der Waals surface area contributed by atoms with E-state index in [0.29, 0.717) is 24.1 Å². The summed E-state index contributed by atoms with van der Waals surface area (Å²) in [7, 11) is 0.379. The molecule has 1 spiro atoms. The first-order valence-electron chi connectivity index (χ1n) is 11.3. The molecular weight excluding hydrogens is 457 g/mol. The number of benzene rings is 2. The Balaban J connectivity index is 1.53. The normalized spacial score (nSPS) is 18.3. The van der Waals surface area contributed by atoms with E-state index in [2.05, 4.69) is 10.2 Å². The van der Waals surface area contributed by atoms with E-state index in [9.17, 15) is 12.8 Å². The van der Waals surface area contributed by atoms with Gasteiger partial charge in [-0.3, -0.25) is 0 Å². The summed E-state index contributed by atoms with van der Waals surface area (Å²) in [6.45, 7) is 2.69. The fraction of sp³-hybridized carbons (Fsp3) is 0.400. The molecule has 180 valence electrons. The van der Waals surface area contributed by atoms with Crippen LogP contribution >= 0.6 is 0 Å². The number of halogens is 1. The summed E-state index contributed by atoms with van der Waals surface area (Å²) in [5.41, 5.74) is 2.94. The molecule has 2 aromatic carbocycles. The van der Waals surface area contributed by atoms with Gasteiger partial charge in [-0.2, -0.15) is 0 Å². The summed E-state index contributed by atoms with van der Waals surface area (Å²) in [6, 6.07) is 12.8. The zero-order valence-electron chi connectivity index (χ0n) is 19.3. The standard InChI is InChI=1S/C25H28FN3O4S/c1-27-8-10-33-18-5-3-17(4-6-18)21-12-23(19-11-20(26)24(32-2)13-22(19)28-21)29-9-7-25(14-29)15-34(30,31)16-25/h3-6,11-13,27H,7-10,14-16H2,1-2H3. The summed E-state index contributed by atoms with van der Waals surface area (Å²) >= 11 is 0. The number of nitrogens with one attached hydrogen (secondary N) is 1. The molecule has 2 fully saturated rings. The number of rotatable bonds is 7. The Morgan fingerprint density at radius 2 is 1.94 bits per heavy atom. The Hall–Kier alpha value is -2.91. The largest absolute Gasteiger partial charge is 0.494 e. The highest BCUT2D eigenvalue weighted by atomic mass is 32.2. The first kappa shape index (κ1) is 22.9. The molecule has 1 aromatic heterocycles. The number of fused-ring (bicyclic) bond motifs is 1. The van der Waals surface area contributed by atoms with Crippen LogP contribution in [0.4, 0.5) is 10.1 Å². The number of anilines is 1. The number of likely N-dealkylation sites (N-methyl/N-ethyl adjacent to an activating group) is 1. The van der Waals surface area contributed by atoms with Crippen LogP contribution in [0.3, 0.4) is 0 Å². The Morgan fingerprint density at radius 1 is 1.18 bits per heavy atom. The van der Waals surface area contributed by atoms with Crippen LogP contribution in [0.1, 0.15) is 6.42 Å². The highest BCUT2D eigenvalue weighted by molar-refractivity contribution is 7.92. The summed E-state index contributed by atoms with van der Waals surface area (Å²) in [5, 5.41) is 3.74. The number of methoxy groups -OCH3 is 1. The van der Waals surface area contributed by atoms with E-state index < -0.39 is 15.7 Å². The summed E-state index contributed by atoms with van der Waals surface area (Å²) in [5.74, 6) is 0.914. The fourth-order valence-electron chi connectivity index (χ4n) is 5.04. The van der Waals surface area contributed by atoms with E-state index in [4.69, 9.17) is 14.5 Å². The first-order valence-corrected chi connectivity index (χ1v) is 13.2. The Kier molecular flexibility index (Phi) is 5.85. The van der Waals surface area contributed by atoms with Crippen molar-refractivity contribution >= 4 is 26.4 Å². The van der Waals surface area contributed by atoms with Gasteiger partial charge < -0.3 is 19.7 Å². The highest BCUT2D eigenvalue weighted by Gasteiger charge is 2.52. The number of ether oxygens (including phenoxy) is 2. The molecule has 0 unspecified atom stereocenters. The van der Waals surface area contributed by atoms with Crippen molar-refractivity contribution in [1.29, 1.82) is 0 Å². The van der Waals surface area contributed by atoms with E-state index in [-0.39, 0.29) is 22.7 Å². The van der Waals surface area contributed by atoms with Crippen LogP contribution in [-0.2, 0) is 9.84 Å². The lowest BCUT2D eigenvalue weighted by molar-refractivity contribution is 0.318. The molecule has 34 heavy (non-hydrogen) atoms. The molecule has 3 aromatic rings. The van der Waals surface area contributed by atoms with Crippen LogP contribution in [0.25, 0.3) is 22.2 Å². The van der Waals surface area contributed by atoms with Crippen LogP contribution < -0.4 is 19.7 Å². The monoisotopic (exact) mass is 485 g/mol. The van der Waals surface area contributed by atoms with Crippen molar-refractivity contribution in [3.63, 3.8) is 0 Å². The highest BCUT2D eigenvalue weighted by Crippen LogP contribution is 2.45. The first-order chi connectivity index (χ1) is 16.3. The van der Waals surface area contributed by atoms with Gasteiger partial charge in [0.1, 0.15) is 12.4 Å². The summed E-state index contributed by atoms with van der Waals surface area (Å²) in [4.78, 5) is 6.98. The SMILES string of the molecule is CNCCOc1ccc(-c2cc(N3CCC4(C3)CS(=O)(=O)C4)c3cc(F)c(OC)cc3n2)cc1. The summed E-state index contributed by atoms with van der Waals surface area (Å²) < 4.78 is 49.3. The number of pyridine rings is 1. The Morgan fingerprint density at radius 3 is 2.62 bits per heavy atom. The molecule has 0 radical (unpaired) electrons. The number of sulfone groups is 1. The van der Waals surface area contributed by atoms with E-state index in [1.54, 1.807) is 6.07 Å². The third-order valence-corrected chi connectivity index (χ3v) is 8.77. The van der Waals surface area contributed by atoms with Gasteiger partial charge in [0, 0.05) is 47.8 Å². The topological polar surface area (TPSA) is 80.8 Å². The van der Waals surface area contributed by atoms with Crippen molar-refractivity contribution in [3.8, 4) is 22.8 Å². The third kappa shape index (κ3) is 4.30. The maximum absolute atomic E-state index is 14.6. The van der Waals surface area contributed by atoms with Crippen LogP contribution in [0.5, 0.6) is 11.5 Å². The number of hydrogen-bond donors (Lipinski definition) is 1. The predicted octanol–water partition coefficient (Wildman–Crippen LogP) is 3.27. The van der Waals surface area contributed by atoms with Gasteiger partial charge in [0.05, 0.1) is 29.8 Å². The van der Waals surface area contributed by atoms with Gasteiger partial charge in [-0.1, -0.05) is 0 Å². The fourth-order valence-corrected chi connectivity index (χ4v) is 7.29. The third-order valence-electron chi connectivity index (χ3n) is 6.66. The predicted molar refractivity (Wildman–Crippen MR) is 131 cm³/mol. The molecule has 3 heterocycles. The zero-order valence-corrected chi connectivity index (χ0v) is 20.1. The lowest BCUT2D eigenvalue weighted by atomic mass is 9.91. The minimum absolute atomic E-state index is 0.138. The molecule has 0 aliphatic carbocycles. The molecule has 0 atom stereocenters. The minimum atomic E-state index is -2.93. The van der Waals surface area contributed by atoms with Gasteiger partial charge in [0.15, 0.2) is 21.4 Å². The van der Waals surface area contributed by atoms with Gasteiger partial charge in [-0.25, -0.2) is 17.8 Å². The average Bonchev–Trinajstić information content (AvgIpc) is 3.22. The Bertz CT molecular complexity index is 1320. The van der Waals surface area contributed by atoms with E-state index >= 15 is 0 Å². The molecule has 0 amide bonds. The molecule has 2 aliphatic rings. The molecule has 0 saturated carbocycles. The Labute approximate surface area is 198 Å². The van der Waals surface area contributed by atoms with E-state index in [1.807, 2.05) is 37.4 Å². The van der Waals surface area contributed by atoms with Crippen LogP contribution in [0.15, 0.2) is 42.5 Å². The van der Waals surface area contributed by atoms with Crippen LogP contribution in [0, 0.1) is 11.2 Å². The second-order valence-corrected chi connectivity index (χ2v) is 11.3. The second-order valence-electron chi connectivity index (χ2n) is 9.21. The number of aromatic nitrogens is 1. The lowest BCUT2D eigenvalue weighted by Crippen LogP contribution is -2.50. The van der Waals surface area contributed by atoms with Gasteiger partial charge in [-0.15, -0.1) is 0 Å². The van der Waals surface area contributed by atoms with Crippen LogP contribution in [0.2, 0.25) is 0 Å². The quantitative estimate of drug-likeness (QED) is 0.515. The van der Waals surface area contributed by atoms with Gasteiger partial charge >= 0.3 is 0 Å². The maximum atomic E-state index is 14.6. The average molecular weight is 486 g/mol. The van der Waals surface area contributed by atoms with Crippen molar-refractivity contribution in [2.75, 3.05) is 56.8 Å². The van der Waals surface area contributed by atoms with Gasteiger partial charge in [0.25, 0.3) is 0 Å². The second kappa shape index (κ2) is 8.70. The van der Waals surface area contributed by atoms with Gasteiger partial charge in [0.2, 0.25) is 0 Å².